The molecule has 17 rings (SSSR count). The van der Waals surface area contributed by atoms with Crippen LogP contribution in [0.25, 0.3) is 87.6 Å². The van der Waals surface area contributed by atoms with E-state index in [0.29, 0.717) is 0 Å². The highest BCUT2D eigenvalue weighted by atomic mass is 16.5. The standard InChI is InChI=1S/C81H56O2/c1-49-32-33-58-41-60(35-37-62(58)51(49)3)81(73-30-15-11-24-64(73)65-25-12-16-31-74(65)81)61-36-38-63-59(42-61)34-39-77-78(63)70(48-80(83-77)72-29-14-10-27-67(72)69-44-54-19-6-8-21-56(54)46-76(69)80)57-23-17-22-52(40-57)50(2)47-79(82-4)71-28-13-9-26-66(71)68-43-53-18-5-7-20-55(53)45-75(68)79/h5-48H,1-4H3/b50-47+. The molecule has 2 heteroatoms. The van der Waals surface area contributed by atoms with Crippen molar-refractivity contribution in [2.24, 2.45) is 0 Å². The SMILES string of the molecule is COC1(/C=C(\C)c2cccc(C3=CC4(Oc5ccc6cc(C7(c8ccc9c(C)c(C)ccc9c8)c8ccccc8-c8ccccc87)ccc6c53)c3ccccc3-c3cc5ccccc5cc34)c2)c2ccccc2-c2cc3ccccc3cc21. The Hall–Kier alpha value is -9.86. The number of hydrogen-bond acceptors (Lipinski definition) is 2. The average molecular weight is 1060 g/mol. The minimum atomic E-state index is -0.915. The van der Waals surface area contributed by atoms with Crippen LogP contribution >= 0.6 is 0 Å². The van der Waals surface area contributed by atoms with Gasteiger partial charge in [-0.2, -0.15) is 0 Å². The van der Waals surface area contributed by atoms with Crippen LogP contribution in [0.2, 0.25) is 0 Å². The predicted molar refractivity (Wildman–Crippen MR) is 343 cm³/mol. The van der Waals surface area contributed by atoms with Crippen molar-refractivity contribution < 1.29 is 9.47 Å². The van der Waals surface area contributed by atoms with Gasteiger partial charge < -0.3 is 9.47 Å². The highest BCUT2D eigenvalue weighted by Crippen LogP contribution is 2.60. The average Bonchev–Trinajstić information content (AvgIpc) is 1.93. The fourth-order valence-electron chi connectivity index (χ4n) is 15.4. The number of aryl methyl sites for hydroxylation is 2. The van der Waals surface area contributed by atoms with E-state index >= 15 is 0 Å². The summed E-state index contributed by atoms with van der Waals surface area (Å²) in [5.74, 6) is 0.854. The molecule has 2 unspecified atom stereocenters. The Labute approximate surface area is 483 Å². The van der Waals surface area contributed by atoms with Crippen LogP contribution in [-0.4, -0.2) is 7.11 Å². The largest absolute Gasteiger partial charge is 0.473 e. The van der Waals surface area contributed by atoms with Gasteiger partial charge in [-0.1, -0.05) is 206 Å². The highest BCUT2D eigenvalue weighted by Gasteiger charge is 2.49. The molecule has 1 aliphatic heterocycles. The van der Waals surface area contributed by atoms with E-state index in [1.807, 2.05) is 7.11 Å². The Kier molecular flexibility index (Phi) is 10.1. The Balaban J connectivity index is 0.892. The van der Waals surface area contributed by atoms with E-state index in [2.05, 4.69) is 288 Å². The van der Waals surface area contributed by atoms with Crippen molar-refractivity contribution in [2.45, 2.75) is 37.4 Å². The van der Waals surface area contributed by atoms with E-state index in [0.717, 1.165) is 66.6 Å². The number of benzene rings is 13. The van der Waals surface area contributed by atoms with Gasteiger partial charge in [0.1, 0.15) is 11.4 Å². The first-order valence-electron chi connectivity index (χ1n) is 29.1. The van der Waals surface area contributed by atoms with Gasteiger partial charge in [0.2, 0.25) is 0 Å². The van der Waals surface area contributed by atoms with Crippen LogP contribution in [-0.2, 0) is 21.4 Å². The lowest BCUT2D eigenvalue weighted by atomic mass is 9.67. The first-order chi connectivity index (χ1) is 40.8. The summed E-state index contributed by atoms with van der Waals surface area (Å²) < 4.78 is 14.6. The van der Waals surface area contributed by atoms with E-state index in [1.54, 1.807) is 0 Å². The first-order valence-corrected chi connectivity index (χ1v) is 29.1. The number of allylic oxidation sites excluding steroid dienone is 1. The third-order valence-electron chi connectivity index (χ3n) is 19.4. The molecule has 0 N–H and O–H groups in total. The maximum absolute atomic E-state index is 7.80. The summed E-state index contributed by atoms with van der Waals surface area (Å²) in [4.78, 5) is 0. The van der Waals surface area contributed by atoms with Crippen LogP contribution in [0, 0.1) is 13.8 Å². The Morgan fingerprint density at radius 2 is 0.928 bits per heavy atom. The summed E-state index contributed by atoms with van der Waals surface area (Å²) in [6.07, 6.45) is 4.81. The van der Waals surface area contributed by atoms with Crippen LogP contribution < -0.4 is 4.74 Å². The fourth-order valence-corrected chi connectivity index (χ4v) is 15.4. The molecule has 0 saturated heterocycles. The molecule has 3 aliphatic carbocycles. The van der Waals surface area contributed by atoms with Gasteiger partial charge in [0, 0.05) is 34.9 Å². The highest BCUT2D eigenvalue weighted by molar-refractivity contribution is 6.05. The molecular formula is C81H56O2. The van der Waals surface area contributed by atoms with Gasteiger partial charge in [-0.3, -0.25) is 0 Å². The minimum Gasteiger partial charge on any atom is -0.473 e. The number of methoxy groups -OCH3 is 1. The van der Waals surface area contributed by atoms with E-state index in [9.17, 15) is 0 Å². The molecule has 0 bridgehead atoms. The molecule has 1 spiro atoms. The molecule has 0 saturated carbocycles. The molecule has 0 fully saturated rings. The molecule has 0 aromatic heterocycles. The minimum absolute atomic E-state index is 0.589. The van der Waals surface area contributed by atoms with Crippen molar-refractivity contribution >= 4 is 54.2 Å². The van der Waals surface area contributed by atoms with Crippen molar-refractivity contribution in [2.75, 3.05) is 7.11 Å². The zero-order chi connectivity index (χ0) is 55.3. The van der Waals surface area contributed by atoms with Crippen molar-refractivity contribution in [1.82, 2.24) is 0 Å². The quantitative estimate of drug-likeness (QED) is 0.165. The topological polar surface area (TPSA) is 18.5 Å². The normalized spacial score (nSPS) is 17.6. The third kappa shape index (κ3) is 6.59. The number of ether oxygens (including phenoxy) is 2. The van der Waals surface area contributed by atoms with Crippen LogP contribution in [0.15, 0.2) is 267 Å². The number of rotatable bonds is 6. The Morgan fingerprint density at radius 1 is 0.410 bits per heavy atom. The van der Waals surface area contributed by atoms with Crippen molar-refractivity contribution in [3.8, 4) is 39.1 Å². The van der Waals surface area contributed by atoms with Gasteiger partial charge in [-0.15, -0.1) is 0 Å². The van der Waals surface area contributed by atoms with E-state index in [4.69, 9.17) is 9.47 Å². The molecule has 2 atom stereocenters. The summed E-state index contributed by atoms with van der Waals surface area (Å²) >= 11 is 0. The van der Waals surface area contributed by atoms with Gasteiger partial charge in [-0.25, -0.2) is 0 Å². The molecule has 1 heterocycles. The lowest BCUT2D eigenvalue weighted by Crippen LogP contribution is -2.33. The van der Waals surface area contributed by atoms with E-state index < -0.39 is 16.6 Å². The van der Waals surface area contributed by atoms with Crippen LogP contribution in [0.4, 0.5) is 0 Å². The van der Waals surface area contributed by atoms with Gasteiger partial charge in [-0.05, 0) is 214 Å². The lowest BCUT2D eigenvalue weighted by Gasteiger charge is -2.37. The third-order valence-corrected chi connectivity index (χ3v) is 19.4. The van der Waals surface area contributed by atoms with Crippen LogP contribution in [0.3, 0.4) is 0 Å². The Bertz CT molecular complexity index is 5000. The summed E-state index contributed by atoms with van der Waals surface area (Å²) in [5.41, 5.74) is 23.0. The van der Waals surface area contributed by atoms with Crippen LogP contribution in [0.1, 0.15) is 79.2 Å². The monoisotopic (exact) mass is 1060 g/mol. The molecule has 0 amide bonds. The second kappa shape index (κ2) is 17.6. The molecule has 2 nitrogen and oxygen atoms in total. The summed E-state index contributed by atoms with van der Waals surface area (Å²) in [6.45, 7) is 6.70. The second-order valence-electron chi connectivity index (χ2n) is 23.5. The maximum atomic E-state index is 7.80. The van der Waals surface area contributed by atoms with E-state index in [-0.39, 0.29) is 0 Å². The fraction of sp³-hybridized carbons (Fsp3) is 0.0864. The van der Waals surface area contributed by atoms with Crippen molar-refractivity contribution in [1.29, 1.82) is 0 Å². The predicted octanol–water partition coefficient (Wildman–Crippen LogP) is 20.0. The maximum Gasteiger partial charge on any atom is 0.179 e. The molecule has 13 aromatic carbocycles. The molecule has 392 valence electrons. The van der Waals surface area contributed by atoms with Crippen molar-refractivity contribution in [3.05, 3.63) is 339 Å². The molecule has 0 radical (unpaired) electrons. The Morgan fingerprint density at radius 3 is 1.58 bits per heavy atom. The lowest BCUT2D eigenvalue weighted by molar-refractivity contribution is 0.0699. The van der Waals surface area contributed by atoms with Gasteiger partial charge >= 0.3 is 0 Å². The first kappa shape index (κ1) is 47.9. The van der Waals surface area contributed by atoms with Gasteiger partial charge in [0.15, 0.2) is 5.60 Å². The summed E-state index contributed by atoms with van der Waals surface area (Å²) in [7, 11) is 1.86. The molecule has 13 aromatic rings. The number of fused-ring (bicyclic) bond motifs is 17. The molecular weight excluding hydrogens is 1000 g/mol. The zero-order valence-corrected chi connectivity index (χ0v) is 46.7. The molecule has 4 aliphatic rings. The zero-order valence-electron chi connectivity index (χ0n) is 46.7. The summed E-state index contributed by atoms with van der Waals surface area (Å²) in [5, 5.41) is 9.65. The smallest absolute Gasteiger partial charge is 0.179 e. The molecule has 83 heavy (non-hydrogen) atoms. The summed E-state index contributed by atoms with van der Waals surface area (Å²) in [6, 6.07) is 95.3. The number of hydrogen-bond donors (Lipinski definition) is 0. The second-order valence-corrected chi connectivity index (χ2v) is 23.5. The van der Waals surface area contributed by atoms with Crippen LogP contribution in [0.5, 0.6) is 5.75 Å². The van der Waals surface area contributed by atoms with Gasteiger partial charge in [0.05, 0.1) is 5.41 Å². The van der Waals surface area contributed by atoms with Crippen molar-refractivity contribution in [3.63, 3.8) is 0 Å². The van der Waals surface area contributed by atoms with E-state index in [1.165, 1.54) is 99.1 Å². The van der Waals surface area contributed by atoms with Gasteiger partial charge in [0.25, 0.3) is 0 Å².